The average molecular weight is 272 g/mol. The number of hydrogen-bond donors (Lipinski definition) is 1. The van der Waals surface area contributed by atoms with Crippen molar-refractivity contribution in [1.82, 2.24) is 10.3 Å². The molecule has 0 bridgehead atoms. The van der Waals surface area contributed by atoms with Crippen LogP contribution in [-0.2, 0) is 6.54 Å². The van der Waals surface area contributed by atoms with Gasteiger partial charge in [0.15, 0.2) is 11.5 Å². The van der Waals surface area contributed by atoms with Crippen molar-refractivity contribution in [3.8, 4) is 11.5 Å². The van der Waals surface area contributed by atoms with Crippen molar-refractivity contribution in [2.45, 2.75) is 13.5 Å². The van der Waals surface area contributed by atoms with Gasteiger partial charge in [0.1, 0.15) is 6.61 Å². The molecule has 1 aromatic carbocycles. The molecule has 0 aliphatic heterocycles. The predicted octanol–water partition coefficient (Wildman–Crippen LogP) is 2.57. The first-order valence-corrected chi connectivity index (χ1v) is 6.67. The maximum atomic E-state index is 5.70. The molecule has 1 aromatic heterocycles. The van der Waals surface area contributed by atoms with Crippen molar-refractivity contribution >= 4 is 0 Å². The van der Waals surface area contributed by atoms with Gasteiger partial charge in [0.25, 0.3) is 0 Å². The van der Waals surface area contributed by atoms with Crippen LogP contribution in [0.1, 0.15) is 11.1 Å². The molecule has 0 aliphatic carbocycles. The number of nitrogens with zero attached hydrogens (tertiary/aromatic N) is 1. The zero-order chi connectivity index (χ0) is 14.2. The average Bonchev–Trinajstić information content (AvgIpc) is 2.49. The van der Waals surface area contributed by atoms with Gasteiger partial charge in [0, 0.05) is 25.5 Å². The van der Waals surface area contributed by atoms with Gasteiger partial charge in [0.05, 0.1) is 7.11 Å². The Kier molecular flexibility index (Phi) is 5.38. The number of hydrogen-bond acceptors (Lipinski definition) is 4. The fourth-order valence-corrected chi connectivity index (χ4v) is 1.89. The van der Waals surface area contributed by atoms with E-state index >= 15 is 0 Å². The van der Waals surface area contributed by atoms with E-state index in [1.54, 1.807) is 7.11 Å². The molecule has 0 atom stereocenters. The molecule has 0 unspecified atom stereocenters. The van der Waals surface area contributed by atoms with E-state index in [1.807, 2.05) is 42.7 Å². The molecule has 0 fully saturated rings. The normalized spacial score (nSPS) is 10.3. The monoisotopic (exact) mass is 272 g/mol. The zero-order valence-electron chi connectivity index (χ0n) is 11.9. The molecule has 4 nitrogen and oxygen atoms in total. The highest BCUT2D eigenvalue weighted by Gasteiger charge is 2.02. The molecule has 0 radical (unpaired) electrons. The number of rotatable bonds is 7. The summed E-state index contributed by atoms with van der Waals surface area (Å²) in [4.78, 5) is 4.08. The van der Waals surface area contributed by atoms with Gasteiger partial charge in [-0.15, -0.1) is 0 Å². The third-order valence-corrected chi connectivity index (χ3v) is 3.06. The Morgan fingerprint density at radius 1 is 1.15 bits per heavy atom. The standard InChI is InChI=1S/C16H20N2O2/c1-13-11-17-8-7-14(13)12-18-9-10-20-16-6-4-3-5-15(16)19-2/h3-8,11,18H,9-10,12H2,1-2H3. The summed E-state index contributed by atoms with van der Waals surface area (Å²) in [5, 5.41) is 3.36. The van der Waals surface area contributed by atoms with Crippen LogP contribution in [0.25, 0.3) is 0 Å². The Morgan fingerprint density at radius 2 is 1.95 bits per heavy atom. The van der Waals surface area contributed by atoms with Crippen molar-refractivity contribution in [2.75, 3.05) is 20.3 Å². The summed E-state index contributed by atoms with van der Waals surface area (Å²) >= 11 is 0. The quantitative estimate of drug-likeness (QED) is 0.787. The molecule has 20 heavy (non-hydrogen) atoms. The highest BCUT2D eigenvalue weighted by atomic mass is 16.5. The second-order valence-corrected chi connectivity index (χ2v) is 4.48. The van der Waals surface area contributed by atoms with E-state index in [1.165, 1.54) is 11.1 Å². The van der Waals surface area contributed by atoms with Gasteiger partial charge in [-0.3, -0.25) is 4.98 Å². The molecule has 0 saturated heterocycles. The van der Waals surface area contributed by atoms with Crippen LogP contribution in [0.5, 0.6) is 11.5 Å². The first-order chi connectivity index (χ1) is 9.81. The van der Waals surface area contributed by atoms with Crippen molar-refractivity contribution in [2.24, 2.45) is 0 Å². The molecule has 1 heterocycles. The van der Waals surface area contributed by atoms with Crippen LogP contribution < -0.4 is 14.8 Å². The van der Waals surface area contributed by atoms with E-state index < -0.39 is 0 Å². The Hall–Kier alpha value is -2.07. The lowest BCUT2D eigenvalue weighted by atomic mass is 10.1. The number of methoxy groups -OCH3 is 1. The summed E-state index contributed by atoms with van der Waals surface area (Å²) < 4.78 is 10.9. The van der Waals surface area contributed by atoms with Crippen molar-refractivity contribution < 1.29 is 9.47 Å². The highest BCUT2D eigenvalue weighted by molar-refractivity contribution is 5.39. The molecule has 0 amide bonds. The lowest BCUT2D eigenvalue weighted by molar-refractivity contribution is 0.292. The second kappa shape index (κ2) is 7.50. The van der Waals surface area contributed by atoms with Gasteiger partial charge in [-0.05, 0) is 36.2 Å². The minimum Gasteiger partial charge on any atom is -0.493 e. The molecule has 2 aromatic rings. The molecule has 1 N–H and O–H groups in total. The summed E-state index contributed by atoms with van der Waals surface area (Å²) in [6.07, 6.45) is 3.69. The van der Waals surface area contributed by atoms with Crippen LogP contribution in [-0.4, -0.2) is 25.2 Å². The lowest BCUT2D eigenvalue weighted by Gasteiger charge is -2.11. The van der Waals surface area contributed by atoms with Gasteiger partial charge in [0.2, 0.25) is 0 Å². The summed E-state index contributed by atoms with van der Waals surface area (Å²) in [7, 11) is 1.65. The van der Waals surface area contributed by atoms with Crippen LogP contribution in [0, 0.1) is 6.92 Å². The predicted molar refractivity (Wildman–Crippen MR) is 79.2 cm³/mol. The van der Waals surface area contributed by atoms with E-state index in [-0.39, 0.29) is 0 Å². The van der Waals surface area contributed by atoms with Gasteiger partial charge < -0.3 is 14.8 Å². The first kappa shape index (κ1) is 14.3. The molecule has 106 valence electrons. The highest BCUT2D eigenvalue weighted by Crippen LogP contribution is 2.25. The van der Waals surface area contributed by atoms with Crippen molar-refractivity contribution in [3.63, 3.8) is 0 Å². The molecule has 4 heteroatoms. The number of ether oxygens (including phenoxy) is 2. The fraction of sp³-hybridized carbons (Fsp3) is 0.312. The number of aromatic nitrogens is 1. The Morgan fingerprint density at radius 3 is 2.70 bits per heavy atom. The largest absolute Gasteiger partial charge is 0.493 e. The Labute approximate surface area is 119 Å². The summed E-state index contributed by atoms with van der Waals surface area (Å²) in [6.45, 7) is 4.27. The van der Waals surface area contributed by atoms with Crippen LogP contribution in [0.4, 0.5) is 0 Å². The zero-order valence-corrected chi connectivity index (χ0v) is 11.9. The van der Waals surface area contributed by atoms with Crippen molar-refractivity contribution in [1.29, 1.82) is 0 Å². The van der Waals surface area contributed by atoms with Crippen LogP contribution in [0.3, 0.4) is 0 Å². The Balaban J connectivity index is 1.73. The van der Waals surface area contributed by atoms with Gasteiger partial charge in [-0.25, -0.2) is 0 Å². The SMILES string of the molecule is COc1ccccc1OCCNCc1ccncc1C. The lowest BCUT2D eigenvalue weighted by Crippen LogP contribution is -2.21. The maximum Gasteiger partial charge on any atom is 0.161 e. The number of pyridine rings is 1. The summed E-state index contributed by atoms with van der Waals surface area (Å²) in [5.74, 6) is 1.54. The number of benzene rings is 1. The van der Waals surface area contributed by atoms with E-state index in [0.29, 0.717) is 6.61 Å². The minimum atomic E-state index is 0.602. The van der Waals surface area contributed by atoms with Gasteiger partial charge >= 0.3 is 0 Å². The van der Waals surface area contributed by atoms with Crippen LogP contribution in [0.2, 0.25) is 0 Å². The Bertz CT molecular complexity index is 544. The smallest absolute Gasteiger partial charge is 0.161 e. The third-order valence-electron chi connectivity index (χ3n) is 3.06. The first-order valence-electron chi connectivity index (χ1n) is 6.67. The summed E-state index contributed by atoms with van der Waals surface area (Å²) in [5.41, 5.74) is 2.46. The fourth-order valence-electron chi connectivity index (χ4n) is 1.89. The molecular weight excluding hydrogens is 252 g/mol. The van der Waals surface area contributed by atoms with Crippen molar-refractivity contribution in [3.05, 3.63) is 53.9 Å². The molecule has 0 aliphatic rings. The third kappa shape index (κ3) is 3.96. The maximum absolute atomic E-state index is 5.70. The number of nitrogens with one attached hydrogen (secondary N) is 1. The second-order valence-electron chi connectivity index (χ2n) is 4.48. The summed E-state index contributed by atoms with van der Waals surface area (Å²) in [6, 6.07) is 9.69. The molecule has 0 spiro atoms. The van der Waals surface area contributed by atoms with E-state index in [4.69, 9.17) is 9.47 Å². The van der Waals surface area contributed by atoms with Crippen LogP contribution >= 0.6 is 0 Å². The number of para-hydroxylation sites is 2. The van der Waals surface area contributed by atoms with E-state index in [2.05, 4.69) is 17.2 Å². The molecule has 2 rings (SSSR count). The molecular formula is C16H20N2O2. The van der Waals surface area contributed by atoms with E-state index in [9.17, 15) is 0 Å². The molecule has 0 saturated carbocycles. The van der Waals surface area contributed by atoms with Crippen LogP contribution in [0.15, 0.2) is 42.7 Å². The topological polar surface area (TPSA) is 43.4 Å². The van der Waals surface area contributed by atoms with E-state index in [0.717, 1.165) is 24.6 Å². The number of aryl methyl sites for hydroxylation is 1. The van der Waals surface area contributed by atoms with Gasteiger partial charge in [-0.2, -0.15) is 0 Å². The minimum absolute atomic E-state index is 0.602. The van der Waals surface area contributed by atoms with Gasteiger partial charge in [-0.1, -0.05) is 12.1 Å².